The van der Waals surface area contributed by atoms with Gasteiger partial charge in [-0.05, 0) is 30.6 Å². The Morgan fingerprint density at radius 3 is 2.89 bits per heavy atom. The van der Waals surface area contributed by atoms with Crippen LogP contribution in [0.5, 0.6) is 5.75 Å². The molecule has 8 heteroatoms. The summed E-state index contributed by atoms with van der Waals surface area (Å²) in [6.45, 7) is 0. The topological polar surface area (TPSA) is 85.6 Å². The monoisotopic (exact) mass is 301 g/mol. The number of amides is 1. The molecule has 1 amide bonds. The normalized spacial score (nSPS) is 9.58. The minimum absolute atomic E-state index is 0.0977. The van der Waals surface area contributed by atoms with Crippen molar-refractivity contribution < 1.29 is 14.3 Å². The zero-order valence-corrected chi connectivity index (χ0v) is 12.2. The molecule has 0 radical (unpaired) electrons. The number of alkyl carbamates (subject to hydrolysis) is 1. The van der Waals surface area contributed by atoms with Gasteiger partial charge < -0.3 is 20.5 Å². The number of methoxy groups -OCH3 is 1. The largest absolute Gasteiger partial charge is 0.483 e. The fraction of sp³-hybridized carbons (Fsp3) is 0.273. The summed E-state index contributed by atoms with van der Waals surface area (Å²) >= 11 is 6.50. The van der Waals surface area contributed by atoms with Crippen LogP contribution in [0.1, 0.15) is 0 Å². The molecule has 19 heavy (non-hydrogen) atoms. The summed E-state index contributed by atoms with van der Waals surface area (Å²) in [5.41, 5.74) is 6.85. The molecule has 0 bridgehead atoms. The van der Waals surface area contributed by atoms with Crippen LogP contribution in [-0.4, -0.2) is 30.5 Å². The lowest BCUT2D eigenvalue weighted by Gasteiger charge is -2.12. The summed E-state index contributed by atoms with van der Waals surface area (Å²) in [5.74, 6) is 1.20. The van der Waals surface area contributed by atoms with Crippen molar-refractivity contribution in [3.63, 3.8) is 0 Å². The molecule has 0 heterocycles. The maximum Gasteiger partial charge on any atom is 0.413 e. The Balaban J connectivity index is 2.70. The fourth-order valence-electron chi connectivity index (χ4n) is 1.16. The summed E-state index contributed by atoms with van der Waals surface area (Å²) in [4.78, 5) is 11.0. The third-order valence-corrected chi connectivity index (χ3v) is 2.58. The van der Waals surface area contributed by atoms with Crippen LogP contribution in [0.25, 0.3) is 0 Å². The predicted molar refractivity (Wildman–Crippen MR) is 81.6 cm³/mol. The number of benzene rings is 1. The van der Waals surface area contributed by atoms with Gasteiger partial charge in [-0.15, -0.1) is 11.8 Å². The summed E-state index contributed by atoms with van der Waals surface area (Å²) in [7, 11) is 1.25. The average molecular weight is 301 g/mol. The highest BCUT2D eigenvalue weighted by Crippen LogP contribution is 2.25. The van der Waals surface area contributed by atoms with Crippen molar-refractivity contribution in [1.82, 2.24) is 5.32 Å². The maximum atomic E-state index is 11.0. The average Bonchev–Trinajstić information content (AvgIpc) is 2.39. The number of thiocarbonyl (C=S) groups is 1. The molecule has 0 aliphatic heterocycles. The second-order valence-corrected chi connectivity index (χ2v) is 4.59. The highest BCUT2D eigenvalue weighted by molar-refractivity contribution is 7.98. The van der Waals surface area contributed by atoms with Crippen LogP contribution in [-0.2, 0) is 4.74 Å². The molecule has 0 aromatic heterocycles. The number of nitrogens with one attached hydrogen (secondary N) is 2. The zero-order chi connectivity index (χ0) is 14.3. The molecule has 1 aromatic rings. The van der Waals surface area contributed by atoms with Crippen LogP contribution < -0.4 is 21.1 Å². The van der Waals surface area contributed by atoms with Crippen LogP contribution in [0.3, 0.4) is 0 Å². The number of hydrogen-bond acceptors (Lipinski definition) is 6. The van der Waals surface area contributed by atoms with E-state index in [1.54, 1.807) is 30.0 Å². The van der Waals surface area contributed by atoms with Gasteiger partial charge in [-0.2, -0.15) is 0 Å². The second-order valence-electron chi connectivity index (χ2n) is 3.37. The van der Waals surface area contributed by atoms with E-state index in [0.29, 0.717) is 23.1 Å². The van der Waals surface area contributed by atoms with Crippen LogP contribution in [0.2, 0.25) is 0 Å². The van der Waals surface area contributed by atoms with E-state index < -0.39 is 6.09 Å². The Morgan fingerprint density at radius 1 is 1.53 bits per heavy atom. The Kier molecular flexibility index (Phi) is 6.23. The number of nitrogen functional groups attached to an aromatic ring is 1. The molecule has 0 saturated carbocycles. The fourth-order valence-corrected chi connectivity index (χ4v) is 1.60. The van der Waals surface area contributed by atoms with E-state index in [1.807, 2.05) is 6.26 Å². The van der Waals surface area contributed by atoms with Crippen molar-refractivity contribution in [1.29, 1.82) is 0 Å². The van der Waals surface area contributed by atoms with Crippen LogP contribution in [0.15, 0.2) is 18.2 Å². The van der Waals surface area contributed by atoms with Crippen LogP contribution >= 0.6 is 24.0 Å². The van der Waals surface area contributed by atoms with E-state index in [-0.39, 0.29) is 5.11 Å². The molecule has 0 atom stereocenters. The van der Waals surface area contributed by atoms with Gasteiger partial charge in [0.05, 0.1) is 18.5 Å². The molecular weight excluding hydrogens is 286 g/mol. The number of rotatable bonds is 4. The molecule has 0 aliphatic carbocycles. The van der Waals surface area contributed by atoms with Crippen molar-refractivity contribution in [2.75, 3.05) is 30.4 Å². The molecule has 104 valence electrons. The van der Waals surface area contributed by atoms with E-state index in [0.717, 1.165) is 0 Å². The van der Waals surface area contributed by atoms with Gasteiger partial charge in [-0.1, -0.05) is 0 Å². The van der Waals surface area contributed by atoms with Crippen molar-refractivity contribution >= 4 is 46.6 Å². The SMILES string of the molecule is COC(=O)NC(=S)Nc1cc(OCSC)ccc1N. The Labute approximate surface area is 121 Å². The van der Waals surface area contributed by atoms with Crippen molar-refractivity contribution in [2.24, 2.45) is 0 Å². The van der Waals surface area contributed by atoms with Crippen molar-refractivity contribution in [2.45, 2.75) is 0 Å². The van der Waals surface area contributed by atoms with Gasteiger partial charge in [0.1, 0.15) is 11.7 Å². The molecule has 0 unspecified atom stereocenters. The van der Waals surface area contributed by atoms with Gasteiger partial charge in [-0.25, -0.2) is 4.79 Å². The molecule has 0 fully saturated rings. The molecule has 1 rings (SSSR count). The lowest BCUT2D eigenvalue weighted by atomic mass is 10.2. The number of carbonyl (C=O) groups excluding carboxylic acids is 1. The molecule has 4 N–H and O–H groups in total. The minimum Gasteiger partial charge on any atom is -0.483 e. The molecule has 0 aliphatic rings. The smallest absolute Gasteiger partial charge is 0.413 e. The summed E-state index contributed by atoms with van der Waals surface area (Å²) in [6.07, 6.45) is 1.29. The lowest BCUT2D eigenvalue weighted by Crippen LogP contribution is -2.34. The molecule has 0 spiro atoms. The van der Waals surface area contributed by atoms with E-state index in [2.05, 4.69) is 15.4 Å². The molecular formula is C11H15N3O3S2. The van der Waals surface area contributed by atoms with E-state index in [1.165, 1.54) is 7.11 Å². The molecule has 0 saturated heterocycles. The predicted octanol–water partition coefficient (Wildman–Crippen LogP) is 2.02. The highest BCUT2D eigenvalue weighted by atomic mass is 32.2. The Hall–Kier alpha value is -1.67. The summed E-state index contributed by atoms with van der Waals surface area (Å²) < 4.78 is 9.88. The third-order valence-electron chi connectivity index (χ3n) is 2.02. The third kappa shape index (κ3) is 5.23. The van der Waals surface area contributed by atoms with Crippen LogP contribution in [0.4, 0.5) is 16.2 Å². The standard InChI is InChI=1S/C11H15N3O3S2/c1-16-11(15)14-10(18)13-9-5-7(17-6-19-2)3-4-8(9)12/h3-5H,6,12H2,1-2H3,(H2,13,14,15,18). The zero-order valence-electron chi connectivity index (χ0n) is 10.6. The first kappa shape index (κ1) is 15.4. The van der Waals surface area contributed by atoms with Gasteiger partial charge in [0, 0.05) is 6.07 Å². The number of thioether (sulfide) groups is 1. The van der Waals surface area contributed by atoms with Gasteiger partial charge in [0.2, 0.25) is 0 Å². The highest BCUT2D eigenvalue weighted by Gasteiger charge is 2.07. The van der Waals surface area contributed by atoms with Gasteiger partial charge >= 0.3 is 6.09 Å². The van der Waals surface area contributed by atoms with Gasteiger partial charge in [-0.3, -0.25) is 5.32 Å². The van der Waals surface area contributed by atoms with Crippen molar-refractivity contribution in [3.05, 3.63) is 18.2 Å². The van der Waals surface area contributed by atoms with Crippen molar-refractivity contribution in [3.8, 4) is 5.75 Å². The lowest BCUT2D eigenvalue weighted by molar-refractivity contribution is 0.177. The molecule has 1 aromatic carbocycles. The number of carbonyl (C=O) groups is 1. The number of anilines is 2. The van der Waals surface area contributed by atoms with E-state index in [9.17, 15) is 4.79 Å². The number of ether oxygens (including phenoxy) is 2. The van der Waals surface area contributed by atoms with Crippen LogP contribution in [0, 0.1) is 0 Å². The number of nitrogens with two attached hydrogens (primary N) is 1. The molecule has 6 nitrogen and oxygen atoms in total. The summed E-state index contributed by atoms with van der Waals surface area (Å²) in [6, 6.07) is 5.16. The summed E-state index contributed by atoms with van der Waals surface area (Å²) in [5, 5.41) is 5.22. The number of hydrogen-bond donors (Lipinski definition) is 3. The van der Waals surface area contributed by atoms with E-state index >= 15 is 0 Å². The second kappa shape index (κ2) is 7.70. The van der Waals surface area contributed by atoms with Gasteiger partial charge in [0.25, 0.3) is 0 Å². The first-order chi connectivity index (χ1) is 9.06. The Morgan fingerprint density at radius 2 is 2.26 bits per heavy atom. The minimum atomic E-state index is -0.647. The van der Waals surface area contributed by atoms with E-state index in [4.69, 9.17) is 22.7 Å². The van der Waals surface area contributed by atoms with Gasteiger partial charge in [0.15, 0.2) is 5.11 Å². The first-order valence-corrected chi connectivity index (χ1v) is 7.04. The maximum absolute atomic E-state index is 11.0. The quantitative estimate of drug-likeness (QED) is 0.445. The first-order valence-electron chi connectivity index (χ1n) is 5.24. The Bertz CT molecular complexity index is 468.